The highest BCUT2D eigenvalue weighted by molar-refractivity contribution is 7.90. The third-order valence-corrected chi connectivity index (χ3v) is 3.04. The molecule has 1 rings (SSSR count). The van der Waals surface area contributed by atoms with Gasteiger partial charge in [-0.2, -0.15) is 0 Å². The number of amides is 1. The van der Waals surface area contributed by atoms with E-state index in [9.17, 15) is 23.3 Å². The highest BCUT2D eigenvalue weighted by atomic mass is 32.2. The summed E-state index contributed by atoms with van der Waals surface area (Å²) in [6.45, 7) is 1.19. The van der Waals surface area contributed by atoms with Crippen LogP contribution in [0.15, 0.2) is 23.1 Å². The van der Waals surface area contributed by atoms with Crippen LogP contribution in [0.1, 0.15) is 6.92 Å². The fraction of sp³-hybridized carbons (Fsp3) is 0.222. The van der Waals surface area contributed by atoms with Crippen LogP contribution >= 0.6 is 0 Å². The summed E-state index contributed by atoms with van der Waals surface area (Å²) in [6.07, 6.45) is 0.958. The zero-order chi connectivity index (χ0) is 13.2. The van der Waals surface area contributed by atoms with Gasteiger partial charge in [-0.15, -0.1) is 0 Å². The molecule has 1 amide bonds. The predicted molar refractivity (Wildman–Crippen MR) is 60.5 cm³/mol. The molecule has 8 heteroatoms. The van der Waals surface area contributed by atoms with Crippen LogP contribution in [0.2, 0.25) is 0 Å². The molecule has 0 aliphatic carbocycles. The van der Waals surface area contributed by atoms with Gasteiger partial charge >= 0.3 is 0 Å². The van der Waals surface area contributed by atoms with Gasteiger partial charge in [0, 0.05) is 25.3 Å². The van der Waals surface area contributed by atoms with E-state index >= 15 is 0 Å². The van der Waals surface area contributed by atoms with Crippen molar-refractivity contribution in [3.8, 4) is 0 Å². The molecule has 0 heterocycles. The number of rotatable bonds is 3. The number of hydrogen-bond acceptors (Lipinski definition) is 5. The van der Waals surface area contributed by atoms with Crippen LogP contribution in [0, 0.1) is 10.1 Å². The largest absolute Gasteiger partial charge is 0.325 e. The molecule has 1 aromatic carbocycles. The first-order valence-corrected chi connectivity index (χ1v) is 6.37. The van der Waals surface area contributed by atoms with Gasteiger partial charge in [-0.25, -0.2) is 8.42 Å². The van der Waals surface area contributed by atoms with Crippen LogP contribution in [0.4, 0.5) is 11.4 Å². The second-order valence-electron chi connectivity index (χ2n) is 3.39. The first kappa shape index (κ1) is 13.1. The number of non-ortho nitro benzene ring substituents is 1. The lowest BCUT2D eigenvalue weighted by Gasteiger charge is -2.07. The molecule has 0 radical (unpaired) electrons. The maximum absolute atomic E-state index is 11.4. The van der Waals surface area contributed by atoms with Crippen molar-refractivity contribution in [1.82, 2.24) is 0 Å². The van der Waals surface area contributed by atoms with Crippen molar-refractivity contribution in [2.24, 2.45) is 0 Å². The van der Waals surface area contributed by atoms with Crippen molar-refractivity contribution >= 4 is 27.1 Å². The van der Waals surface area contributed by atoms with Crippen LogP contribution in [0.25, 0.3) is 0 Å². The molecule has 17 heavy (non-hydrogen) atoms. The number of nitrogens with zero attached hydrogens (tertiary/aromatic N) is 1. The Balaban J connectivity index is 3.42. The standard InChI is InChI=1S/C9H10N2O5S/c1-6(12)10-8-5-7(11(13)14)3-4-9(8)17(2,15)16/h3-5H,1-2H3,(H,10,12). The number of nitro groups is 1. The molecule has 0 unspecified atom stereocenters. The monoisotopic (exact) mass is 258 g/mol. The van der Waals surface area contributed by atoms with E-state index in [2.05, 4.69) is 5.32 Å². The van der Waals surface area contributed by atoms with E-state index in [1.165, 1.54) is 6.92 Å². The number of nitrogens with one attached hydrogen (secondary N) is 1. The molecule has 0 aliphatic rings. The van der Waals surface area contributed by atoms with Crippen molar-refractivity contribution in [1.29, 1.82) is 0 Å². The maximum Gasteiger partial charge on any atom is 0.271 e. The Kier molecular flexibility index (Phi) is 3.47. The highest BCUT2D eigenvalue weighted by Gasteiger charge is 2.18. The molecule has 0 aromatic heterocycles. The minimum absolute atomic E-state index is 0.0887. The number of nitro benzene ring substituents is 1. The van der Waals surface area contributed by atoms with Gasteiger partial charge in [-0.05, 0) is 6.07 Å². The van der Waals surface area contributed by atoms with Crippen molar-refractivity contribution in [2.75, 3.05) is 11.6 Å². The summed E-state index contributed by atoms with van der Waals surface area (Å²) in [7, 11) is -3.56. The van der Waals surface area contributed by atoms with Gasteiger partial charge in [0.15, 0.2) is 9.84 Å². The Morgan fingerprint density at radius 1 is 1.41 bits per heavy atom. The molecular weight excluding hydrogens is 248 g/mol. The third-order valence-electron chi connectivity index (χ3n) is 1.88. The van der Waals surface area contributed by atoms with Crippen molar-refractivity contribution in [3.63, 3.8) is 0 Å². The minimum atomic E-state index is -3.56. The second kappa shape index (κ2) is 4.50. The quantitative estimate of drug-likeness (QED) is 0.641. The van der Waals surface area contributed by atoms with Crippen LogP contribution in [0.3, 0.4) is 0 Å². The van der Waals surface area contributed by atoms with Gasteiger partial charge < -0.3 is 5.32 Å². The first-order valence-electron chi connectivity index (χ1n) is 4.48. The van der Waals surface area contributed by atoms with E-state index in [1.807, 2.05) is 0 Å². The van der Waals surface area contributed by atoms with Gasteiger partial charge in [0.1, 0.15) is 0 Å². The molecule has 92 valence electrons. The summed E-state index contributed by atoms with van der Waals surface area (Å²) < 4.78 is 22.8. The lowest BCUT2D eigenvalue weighted by molar-refractivity contribution is -0.384. The topological polar surface area (TPSA) is 106 Å². The van der Waals surface area contributed by atoms with E-state index in [0.29, 0.717) is 0 Å². The Labute approximate surface area is 97.5 Å². The van der Waals surface area contributed by atoms with E-state index in [0.717, 1.165) is 24.5 Å². The molecule has 0 bridgehead atoms. The summed E-state index contributed by atoms with van der Waals surface area (Å²) in [5, 5.41) is 12.8. The van der Waals surface area contributed by atoms with Crippen molar-refractivity contribution in [3.05, 3.63) is 28.3 Å². The van der Waals surface area contributed by atoms with E-state index < -0.39 is 20.7 Å². The molecule has 0 atom stereocenters. The fourth-order valence-corrected chi connectivity index (χ4v) is 2.07. The fourth-order valence-electron chi connectivity index (χ4n) is 1.24. The zero-order valence-corrected chi connectivity index (χ0v) is 9.95. The van der Waals surface area contributed by atoms with Gasteiger partial charge in [0.25, 0.3) is 5.69 Å². The summed E-state index contributed by atoms with van der Waals surface area (Å²) in [4.78, 5) is 20.6. The van der Waals surface area contributed by atoms with Crippen LogP contribution in [-0.4, -0.2) is 25.5 Å². The molecule has 0 spiro atoms. The second-order valence-corrected chi connectivity index (χ2v) is 5.38. The Morgan fingerprint density at radius 3 is 2.41 bits per heavy atom. The highest BCUT2D eigenvalue weighted by Crippen LogP contribution is 2.26. The molecular formula is C9H10N2O5S. The van der Waals surface area contributed by atoms with E-state index in [1.54, 1.807) is 0 Å². The number of sulfone groups is 1. The molecule has 7 nitrogen and oxygen atoms in total. The number of hydrogen-bond donors (Lipinski definition) is 1. The van der Waals surface area contributed by atoms with Gasteiger partial charge in [0.05, 0.1) is 15.5 Å². The van der Waals surface area contributed by atoms with Crippen LogP contribution in [-0.2, 0) is 14.6 Å². The third kappa shape index (κ3) is 3.25. The lowest BCUT2D eigenvalue weighted by atomic mass is 10.3. The summed E-state index contributed by atoms with van der Waals surface area (Å²) >= 11 is 0. The van der Waals surface area contributed by atoms with Crippen molar-refractivity contribution in [2.45, 2.75) is 11.8 Å². The lowest BCUT2D eigenvalue weighted by Crippen LogP contribution is -2.10. The first-order chi connectivity index (χ1) is 7.71. The maximum atomic E-state index is 11.4. The molecule has 0 saturated heterocycles. The Hall–Kier alpha value is -1.96. The average Bonchev–Trinajstić information content (AvgIpc) is 2.14. The zero-order valence-electron chi connectivity index (χ0n) is 9.13. The molecule has 0 saturated carbocycles. The van der Waals surface area contributed by atoms with Crippen LogP contribution in [0.5, 0.6) is 0 Å². The summed E-state index contributed by atoms with van der Waals surface area (Å²) in [6, 6.07) is 3.18. The number of carbonyl (C=O) groups is 1. The van der Waals surface area contributed by atoms with Crippen LogP contribution < -0.4 is 5.32 Å². The number of carbonyl (C=O) groups excluding carboxylic acids is 1. The Bertz CT molecular complexity index is 579. The van der Waals surface area contributed by atoms with E-state index in [-0.39, 0.29) is 16.3 Å². The predicted octanol–water partition coefficient (Wildman–Crippen LogP) is 0.957. The molecule has 1 aromatic rings. The van der Waals surface area contributed by atoms with Gasteiger partial charge in [-0.3, -0.25) is 14.9 Å². The van der Waals surface area contributed by atoms with Gasteiger partial charge in [-0.1, -0.05) is 0 Å². The molecule has 1 N–H and O–H groups in total. The van der Waals surface area contributed by atoms with E-state index in [4.69, 9.17) is 0 Å². The number of benzene rings is 1. The average molecular weight is 258 g/mol. The Morgan fingerprint density at radius 2 is 2.00 bits per heavy atom. The molecule has 0 fully saturated rings. The van der Waals surface area contributed by atoms with Gasteiger partial charge in [0.2, 0.25) is 5.91 Å². The molecule has 0 aliphatic heterocycles. The SMILES string of the molecule is CC(=O)Nc1cc([N+](=O)[O-])ccc1S(C)(=O)=O. The normalized spacial score (nSPS) is 10.9. The summed E-state index contributed by atoms with van der Waals surface area (Å²) in [5.41, 5.74) is -0.379. The minimum Gasteiger partial charge on any atom is -0.325 e. The van der Waals surface area contributed by atoms with Crippen molar-refractivity contribution < 1.29 is 18.1 Å². The summed E-state index contributed by atoms with van der Waals surface area (Å²) in [5.74, 6) is -0.504. The smallest absolute Gasteiger partial charge is 0.271 e. The number of anilines is 1.